The third kappa shape index (κ3) is 3.82. The van der Waals surface area contributed by atoms with Crippen LogP contribution in [0.5, 0.6) is 0 Å². The third-order valence-electron chi connectivity index (χ3n) is 3.56. The largest absolute Gasteiger partial charge is 0.343 e. The summed E-state index contributed by atoms with van der Waals surface area (Å²) < 4.78 is 0. The number of carbonyl (C=O) groups excluding carboxylic acids is 1. The number of nitrogens with zero attached hydrogens (tertiary/aromatic N) is 1. The Balaban J connectivity index is 2.25. The first-order valence-electron chi connectivity index (χ1n) is 6.02. The van der Waals surface area contributed by atoms with E-state index in [2.05, 4.69) is 13.8 Å². The number of nitrogens with two attached hydrogens (primary N) is 1. The molecular weight excluding hydrogens is 188 g/mol. The molecule has 1 aliphatic carbocycles. The van der Waals surface area contributed by atoms with Gasteiger partial charge in [-0.25, -0.2) is 0 Å². The van der Waals surface area contributed by atoms with Gasteiger partial charge in [0.1, 0.15) is 0 Å². The molecule has 0 saturated heterocycles. The van der Waals surface area contributed by atoms with E-state index in [1.54, 1.807) is 0 Å². The average molecular weight is 212 g/mol. The lowest BCUT2D eigenvalue weighted by Crippen LogP contribution is -2.36. The van der Waals surface area contributed by atoms with Crippen molar-refractivity contribution in [3.8, 4) is 0 Å². The van der Waals surface area contributed by atoms with E-state index in [1.807, 2.05) is 11.9 Å². The zero-order valence-corrected chi connectivity index (χ0v) is 10.2. The molecule has 0 aliphatic heterocycles. The molecule has 0 aromatic carbocycles. The standard InChI is InChI=1S/C12H24N2O/c1-9(8-13)4-7-12(15)14(3)10(2)11-5-6-11/h9-11H,4-8,13H2,1-3H3. The molecule has 0 spiro atoms. The number of hydrogen-bond donors (Lipinski definition) is 1. The summed E-state index contributed by atoms with van der Waals surface area (Å²) in [7, 11) is 1.93. The number of rotatable bonds is 6. The molecule has 1 saturated carbocycles. The van der Waals surface area contributed by atoms with E-state index in [0.29, 0.717) is 24.9 Å². The van der Waals surface area contributed by atoms with Gasteiger partial charge in [-0.05, 0) is 44.6 Å². The van der Waals surface area contributed by atoms with Crippen molar-refractivity contribution in [2.24, 2.45) is 17.6 Å². The van der Waals surface area contributed by atoms with Crippen LogP contribution in [0.25, 0.3) is 0 Å². The van der Waals surface area contributed by atoms with Crippen LogP contribution < -0.4 is 5.73 Å². The van der Waals surface area contributed by atoms with Gasteiger partial charge >= 0.3 is 0 Å². The van der Waals surface area contributed by atoms with E-state index in [-0.39, 0.29) is 5.91 Å². The molecule has 0 radical (unpaired) electrons. The minimum absolute atomic E-state index is 0.273. The van der Waals surface area contributed by atoms with E-state index in [1.165, 1.54) is 12.8 Å². The normalized spacial score (nSPS) is 19.7. The Morgan fingerprint density at radius 3 is 2.53 bits per heavy atom. The minimum atomic E-state index is 0.273. The monoisotopic (exact) mass is 212 g/mol. The van der Waals surface area contributed by atoms with Crippen molar-refractivity contribution in [3.63, 3.8) is 0 Å². The van der Waals surface area contributed by atoms with Crippen LogP contribution in [0.2, 0.25) is 0 Å². The van der Waals surface area contributed by atoms with Gasteiger partial charge in [-0.3, -0.25) is 4.79 Å². The molecule has 2 unspecified atom stereocenters. The molecule has 1 fully saturated rings. The maximum atomic E-state index is 11.8. The molecule has 2 atom stereocenters. The van der Waals surface area contributed by atoms with Crippen LogP contribution in [0, 0.1) is 11.8 Å². The number of amides is 1. The van der Waals surface area contributed by atoms with E-state index in [9.17, 15) is 4.79 Å². The summed E-state index contributed by atoms with van der Waals surface area (Å²) in [5.74, 6) is 1.49. The Morgan fingerprint density at radius 2 is 2.07 bits per heavy atom. The van der Waals surface area contributed by atoms with Crippen LogP contribution in [0.1, 0.15) is 39.5 Å². The van der Waals surface area contributed by atoms with E-state index >= 15 is 0 Å². The molecule has 0 aromatic heterocycles. The summed E-state index contributed by atoms with van der Waals surface area (Å²) in [6.07, 6.45) is 4.14. The molecule has 1 rings (SSSR count). The Hall–Kier alpha value is -0.570. The maximum absolute atomic E-state index is 11.8. The predicted octanol–water partition coefficient (Wildman–Crippen LogP) is 1.62. The highest BCUT2D eigenvalue weighted by molar-refractivity contribution is 5.76. The SMILES string of the molecule is CC(CN)CCC(=O)N(C)C(C)C1CC1. The van der Waals surface area contributed by atoms with E-state index < -0.39 is 0 Å². The van der Waals surface area contributed by atoms with Gasteiger partial charge in [0.05, 0.1) is 0 Å². The maximum Gasteiger partial charge on any atom is 0.222 e. The molecule has 2 N–H and O–H groups in total. The topological polar surface area (TPSA) is 46.3 Å². The van der Waals surface area contributed by atoms with Gasteiger partial charge in [0.15, 0.2) is 0 Å². The molecule has 0 aromatic rings. The fourth-order valence-corrected chi connectivity index (χ4v) is 1.79. The number of hydrogen-bond acceptors (Lipinski definition) is 2. The third-order valence-corrected chi connectivity index (χ3v) is 3.56. The molecule has 1 aliphatic rings. The Kier molecular flexibility index (Phi) is 4.58. The van der Waals surface area contributed by atoms with E-state index in [0.717, 1.165) is 12.3 Å². The van der Waals surface area contributed by atoms with Crippen molar-refractivity contribution in [2.75, 3.05) is 13.6 Å². The van der Waals surface area contributed by atoms with Gasteiger partial charge in [-0.2, -0.15) is 0 Å². The second kappa shape index (κ2) is 5.50. The average Bonchev–Trinajstić information content (AvgIpc) is 3.06. The summed E-state index contributed by atoms with van der Waals surface area (Å²) in [5, 5.41) is 0. The van der Waals surface area contributed by atoms with Gasteiger partial charge < -0.3 is 10.6 Å². The van der Waals surface area contributed by atoms with Crippen LogP contribution in [-0.4, -0.2) is 30.4 Å². The molecular formula is C12H24N2O. The predicted molar refractivity (Wildman–Crippen MR) is 62.4 cm³/mol. The first kappa shape index (κ1) is 12.5. The molecule has 3 heteroatoms. The van der Waals surface area contributed by atoms with Gasteiger partial charge in [0.25, 0.3) is 0 Å². The van der Waals surface area contributed by atoms with Crippen LogP contribution in [0.3, 0.4) is 0 Å². The second-order valence-corrected chi connectivity index (χ2v) is 4.96. The first-order chi connectivity index (χ1) is 7.06. The number of carbonyl (C=O) groups is 1. The lowest BCUT2D eigenvalue weighted by atomic mass is 10.0. The summed E-state index contributed by atoms with van der Waals surface area (Å²) >= 11 is 0. The molecule has 88 valence electrons. The van der Waals surface area contributed by atoms with E-state index in [4.69, 9.17) is 5.73 Å². The highest BCUT2D eigenvalue weighted by atomic mass is 16.2. The summed E-state index contributed by atoms with van der Waals surface area (Å²) in [6, 6.07) is 0.422. The van der Waals surface area contributed by atoms with Gasteiger partial charge in [0.2, 0.25) is 5.91 Å². The molecule has 0 bridgehead atoms. The highest BCUT2D eigenvalue weighted by Crippen LogP contribution is 2.34. The smallest absolute Gasteiger partial charge is 0.222 e. The highest BCUT2D eigenvalue weighted by Gasteiger charge is 2.32. The van der Waals surface area contributed by atoms with Crippen LogP contribution in [0.4, 0.5) is 0 Å². The summed E-state index contributed by atoms with van der Waals surface area (Å²) in [5.41, 5.74) is 5.53. The molecule has 1 amide bonds. The Labute approximate surface area is 93.0 Å². The van der Waals surface area contributed by atoms with Gasteiger partial charge in [-0.15, -0.1) is 0 Å². The van der Waals surface area contributed by atoms with Crippen molar-refractivity contribution < 1.29 is 4.79 Å². The van der Waals surface area contributed by atoms with Crippen molar-refractivity contribution in [1.82, 2.24) is 4.90 Å². The van der Waals surface area contributed by atoms with Gasteiger partial charge in [-0.1, -0.05) is 6.92 Å². The van der Waals surface area contributed by atoms with Crippen molar-refractivity contribution in [1.29, 1.82) is 0 Å². The molecule has 0 heterocycles. The lowest BCUT2D eigenvalue weighted by Gasteiger charge is -2.25. The summed E-state index contributed by atoms with van der Waals surface area (Å²) in [6.45, 7) is 4.93. The zero-order chi connectivity index (χ0) is 11.4. The Bertz CT molecular complexity index is 214. The zero-order valence-electron chi connectivity index (χ0n) is 10.2. The van der Waals surface area contributed by atoms with Crippen LogP contribution >= 0.6 is 0 Å². The minimum Gasteiger partial charge on any atom is -0.343 e. The summed E-state index contributed by atoms with van der Waals surface area (Å²) in [4.78, 5) is 13.7. The Morgan fingerprint density at radius 1 is 1.47 bits per heavy atom. The van der Waals surface area contributed by atoms with Gasteiger partial charge in [0, 0.05) is 19.5 Å². The fourth-order valence-electron chi connectivity index (χ4n) is 1.79. The van der Waals surface area contributed by atoms with Crippen molar-refractivity contribution in [2.45, 2.75) is 45.6 Å². The van der Waals surface area contributed by atoms with Crippen molar-refractivity contribution >= 4 is 5.91 Å². The molecule has 15 heavy (non-hydrogen) atoms. The quantitative estimate of drug-likeness (QED) is 0.727. The lowest BCUT2D eigenvalue weighted by molar-refractivity contribution is -0.132. The molecule has 3 nitrogen and oxygen atoms in total. The second-order valence-electron chi connectivity index (χ2n) is 4.96. The first-order valence-corrected chi connectivity index (χ1v) is 6.02. The fraction of sp³-hybridized carbons (Fsp3) is 0.917. The van der Waals surface area contributed by atoms with Crippen LogP contribution in [-0.2, 0) is 4.79 Å². The van der Waals surface area contributed by atoms with Crippen molar-refractivity contribution in [3.05, 3.63) is 0 Å². The van der Waals surface area contributed by atoms with Crippen LogP contribution in [0.15, 0.2) is 0 Å².